The smallest absolute Gasteiger partial charge is 0.119 e. The maximum Gasteiger partial charge on any atom is 0.119 e. The van der Waals surface area contributed by atoms with E-state index in [-0.39, 0.29) is 0 Å². The normalized spacial score (nSPS) is 12.4. The number of ether oxygens (including phenoxy) is 1. The van der Waals surface area contributed by atoms with Gasteiger partial charge in [0, 0.05) is 18.8 Å². The molecule has 35 heavy (non-hydrogen) atoms. The van der Waals surface area contributed by atoms with Crippen molar-refractivity contribution < 1.29 is 4.74 Å². The van der Waals surface area contributed by atoms with Crippen LogP contribution >= 0.6 is 0 Å². The second-order valence-corrected chi connectivity index (χ2v) is 8.96. The lowest BCUT2D eigenvalue weighted by atomic mass is 9.84. The Morgan fingerprint density at radius 3 is 1.63 bits per heavy atom. The summed E-state index contributed by atoms with van der Waals surface area (Å²) >= 11 is 0. The van der Waals surface area contributed by atoms with Gasteiger partial charge in [0.15, 0.2) is 0 Å². The van der Waals surface area contributed by atoms with Crippen molar-refractivity contribution in [1.82, 2.24) is 0 Å². The van der Waals surface area contributed by atoms with Crippen molar-refractivity contribution in [2.24, 2.45) is 0 Å². The molecular weight excluding hydrogens is 426 g/mol. The summed E-state index contributed by atoms with van der Waals surface area (Å²) in [6.07, 6.45) is 0. The number of methoxy groups -OCH3 is 1. The molecule has 0 fully saturated rings. The molecule has 0 aromatic heterocycles. The average Bonchev–Trinajstić information content (AvgIpc) is 3.39. The minimum absolute atomic E-state index is 0.867. The van der Waals surface area contributed by atoms with E-state index in [1.54, 1.807) is 7.11 Å². The highest BCUT2D eigenvalue weighted by Crippen LogP contribution is 2.46. The second kappa shape index (κ2) is 9.15. The van der Waals surface area contributed by atoms with Gasteiger partial charge in [-0.3, -0.25) is 0 Å². The van der Waals surface area contributed by atoms with Gasteiger partial charge in [0.1, 0.15) is 5.75 Å². The number of hydrogen-bond acceptors (Lipinski definition) is 2. The van der Waals surface area contributed by atoms with Crippen molar-refractivity contribution in [2.75, 3.05) is 12.0 Å². The predicted octanol–water partition coefficient (Wildman–Crippen LogP) is 8.22. The molecule has 5 aromatic carbocycles. The lowest BCUT2D eigenvalue weighted by molar-refractivity contribution is 0.415. The van der Waals surface area contributed by atoms with Crippen LogP contribution in [0.5, 0.6) is 5.75 Å². The molecule has 0 amide bonds. The SMILES string of the molecule is COc1ccc(N2Cc3c(-c4ccccc4)cc(-c4ccccc4)c(-c4ccccc4)c3C2)cc1. The summed E-state index contributed by atoms with van der Waals surface area (Å²) in [6.45, 7) is 1.74. The third-order valence-corrected chi connectivity index (χ3v) is 6.92. The van der Waals surface area contributed by atoms with Crippen LogP contribution in [0.2, 0.25) is 0 Å². The zero-order chi connectivity index (χ0) is 23.6. The Kier molecular flexibility index (Phi) is 5.56. The summed E-state index contributed by atoms with van der Waals surface area (Å²) < 4.78 is 5.39. The lowest BCUT2D eigenvalue weighted by Gasteiger charge is -2.19. The van der Waals surface area contributed by atoms with Gasteiger partial charge in [-0.15, -0.1) is 0 Å². The highest BCUT2D eigenvalue weighted by atomic mass is 16.5. The number of anilines is 1. The summed E-state index contributed by atoms with van der Waals surface area (Å²) in [4.78, 5) is 2.47. The quantitative estimate of drug-likeness (QED) is 0.266. The van der Waals surface area contributed by atoms with Crippen LogP contribution in [0, 0.1) is 0 Å². The van der Waals surface area contributed by atoms with Gasteiger partial charge >= 0.3 is 0 Å². The summed E-state index contributed by atoms with van der Waals surface area (Å²) in [5.74, 6) is 0.881. The van der Waals surface area contributed by atoms with Crippen LogP contribution in [-0.4, -0.2) is 7.11 Å². The monoisotopic (exact) mass is 453 g/mol. The second-order valence-electron chi connectivity index (χ2n) is 8.96. The van der Waals surface area contributed by atoms with Crippen molar-refractivity contribution in [1.29, 1.82) is 0 Å². The standard InChI is InChI=1S/C33H27NO/c1-35-28-19-17-27(18-20-28)34-22-31-29(24-11-5-2-6-12-24)21-30(25-13-7-3-8-14-25)33(32(31)23-34)26-15-9-4-10-16-26/h2-21H,22-23H2,1H3. The average molecular weight is 454 g/mol. The zero-order valence-corrected chi connectivity index (χ0v) is 19.8. The molecule has 2 nitrogen and oxygen atoms in total. The van der Waals surface area contributed by atoms with E-state index >= 15 is 0 Å². The predicted molar refractivity (Wildman–Crippen MR) is 146 cm³/mol. The van der Waals surface area contributed by atoms with E-state index in [0.717, 1.165) is 18.8 Å². The molecule has 0 saturated heterocycles. The largest absolute Gasteiger partial charge is 0.497 e. The molecule has 0 spiro atoms. The first-order chi connectivity index (χ1) is 17.3. The fraction of sp³-hybridized carbons (Fsp3) is 0.0909. The Hall–Kier alpha value is -4.30. The molecule has 170 valence electrons. The van der Waals surface area contributed by atoms with Gasteiger partial charge in [-0.1, -0.05) is 91.0 Å². The van der Waals surface area contributed by atoms with Crippen molar-refractivity contribution in [3.8, 4) is 39.1 Å². The molecule has 1 heterocycles. The molecule has 1 aliphatic heterocycles. The topological polar surface area (TPSA) is 12.5 Å². The van der Waals surface area contributed by atoms with E-state index < -0.39 is 0 Å². The first kappa shape index (κ1) is 21.2. The van der Waals surface area contributed by atoms with Crippen molar-refractivity contribution in [3.05, 3.63) is 132 Å². The first-order valence-corrected chi connectivity index (χ1v) is 12.1. The van der Waals surface area contributed by atoms with Crippen molar-refractivity contribution in [3.63, 3.8) is 0 Å². The molecule has 0 atom stereocenters. The van der Waals surface area contributed by atoms with Crippen LogP contribution in [0.3, 0.4) is 0 Å². The number of benzene rings is 5. The van der Waals surface area contributed by atoms with Crippen molar-refractivity contribution in [2.45, 2.75) is 13.1 Å². The number of rotatable bonds is 5. The fourth-order valence-electron chi connectivity index (χ4n) is 5.20. The van der Waals surface area contributed by atoms with Crippen molar-refractivity contribution >= 4 is 5.69 Å². The molecule has 0 saturated carbocycles. The minimum atomic E-state index is 0.867. The van der Waals surface area contributed by atoms with E-state index in [2.05, 4.69) is 114 Å². The summed E-state index contributed by atoms with van der Waals surface area (Å²) in [5, 5.41) is 0. The van der Waals surface area contributed by atoms with Crippen LogP contribution in [0.25, 0.3) is 33.4 Å². The summed E-state index contributed by atoms with van der Waals surface area (Å²) in [7, 11) is 1.71. The molecule has 0 N–H and O–H groups in total. The first-order valence-electron chi connectivity index (χ1n) is 12.1. The van der Waals surface area contributed by atoms with E-state index in [1.165, 1.54) is 50.2 Å². The molecule has 0 aliphatic carbocycles. The molecule has 6 rings (SSSR count). The zero-order valence-electron chi connectivity index (χ0n) is 19.8. The third kappa shape index (κ3) is 3.98. The molecule has 0 unspecified atom stereocenters. The maximum absolute atomic E-state index is 5.39. The minimum Gasteiger partial charge on any atom is -0.497 e. The number of fused-ring (bicyclic) bond motifs is 1. The fourth-order valence-corrected chi connectivity index (χ4v) is 5.20. The molecular formula is C33H27NO. The van der Waals surface area contributed by atoms with E-state index in [1.807, 2.05) is 12.1 Å². The van der Waals surface area contributed by atoms with Gasteiger partial charge in [0.25, 0.3) is 0 Å². The van der Waals surface area contributed by atoms with Crippen LogP contribution in [-0.2, 0) is 13.1 Å². The van der Waals surface area contributed by atoms with Gasteiger partial charge in [0.05, 0.1) is 7.11 Å². The highest BCUT2D eigenvalue weighted by Gasteiger charge is 2.28. The third-order valence-electron chi connectivity index (χ3n) is 6.92. The van der Waals surface area contributed by atoms with E-state index in [0.29, 0.717) is 0 Å². The van der Waals surface area contributed by atoms with Crippen LogP contribution < -0.4 is 9.64 Å². The van der Waals surface area contributed by atoms with E-state index in [9.17, 15) is 0 Å². The van der Waals surface area contributed by atoms with Gasteiger partial charge in [-0.25, -0.2) is 0 Å². The Bertz CT molecular complexity index is 1440. The van der Waals surface area contributed by atoms with E-state index in [4.69, 9.17) is 4.74 Å². The molecule has 2 heteroatoms. The van der Waals surface area contributed by atoms with Gasteiger partial charge < -0.3 is 9.64 Å². The lowest BCUT2D eigenvalue weighted by Crippen LogP contribution is -2.14. The Morgan fingerprint density at radius 1 is 0.543 bits per heavy atom. The Balaban J connectivity index is 1.59. The Morgan fingerprint density at radius 2 is 1.06 bits per heavy atom. The molecule has 5 aromatic rings. The van der Waals surface area contributed by atoms with Gasteiger partial charge in [-0.05, 0) is 74.8 Å². The highest BCUT2D eigenvalue weighted by molar-refractivity contribution is 5.92. The van der Waals surface area contributed by atoms with Crippen LogP contribution in [0.1, 0.15) is 11.1 Å². The maximum atomic E-state index is 5.39. The number of nitrogens with zero attached hydrogens (tertiary/aromatic N) is 1. The molecule has 0 bridgehead atoms. The Labute approximate surface area is 207 Å². The van der Waals surface area contributed by atoms with Gasteiger partial charge in [-0.2, -0.15) is 0 Å². The van der Waals surface area contributed by atoms with Gasteiger partial charge in [0.2, 0.25) is 0 Å². The number of hydrogen-bond donors (Lipinski definition) is 0. The van der Waals surface area contributed by atoms with Crippen LogP contribution in [0.4, 0.5) is 5.69 Å². The summed E-state index contributed by atoms with van der Waals surface area (Å²) in [5.41, 5.74) is 11.7. The molecule has 1 aliphatic rings. The summed E-state index contributed by atoms with van der Waals surface area (Å²) in [6, 6.07) is 43.2. The molecule has 0 radical (unpaired) electrons. The van der Waals surface area contributed by atoms with Crippen LogP contribution in [0.15, 0.2) is 121 Å².